The summed E-state index contributed by atoms with van der Waals surface area (Å²) in [5, 5.41) is 0. The van der Waals surface area contributed by atoms with Crippen LogP contribution in [0.5, 0.6) is 0 Å². The molecule has 0 aromatic heterocycles. The van der Waals surface area contributed by atoms with Crippen molar-refractivity contribution in [2.75, 3.05) is 13.7 Å². The van der Waals surface area contributed by atoms with Crippen molar-refractivity contribution in [3.8, 4) is 0 Å². The quantitative estimate of drug-likeness (QED) is 0.829. The van der Waals surface area contributed by atoms with Crippen LogP contribution in [-0.2, 0) is 19.6 Å². The number of ether oxygens (including phenoxy) is 1. The third kappa shape index (κ3) is 4.00. The van der Waals surface area contributed by atoms with E-state index in [1.165, 1.54) is 21.0 Å². The van der Waals surface area contributed by atoms with Crippen LogP contribution in [0.1, 0.15) is 17.5 Å². The molecule has 106 valence electrons. The van der Waals surface area contributed by atoms with Crippen molar-refractivity contribution in [1.29, 1.82) is 0 Å². The Balaban J connectivity index is 2.92. The summed E-state index contributed by atoms with van der Waals surface area (Å²) < 4.78 is 44.0. The number of carbonyl (C=O) groups excluding carboxylic acids is 1. The minimum Gasteiger partial charge on any atom is -0.469 e. The Labute approximate surface area is 111 Å². The summed E-state index contributed by atoms with van der Waals surface area (Å²) in [6, 6.07) is 2.31. The second-order valence-corrected chi connectivity index (χ2v) is 5.80. The van der Waals surface area contributed by atoms with Crippen LogP contribution in [-0.4, -0.2) is 28.0 Å². The standard InChI is InChI=1S/C12H16FNO4S/c1-8-6-10(13)7-9(2)12(8)19(16,17)14-5-4-11(15)18-3/h6-7,14H,4-5H2,1-3H3. The van der Waals surface area contributed by atoms with E-state index in [1.807, 2.05) is 0 Å². The highest BCUT2D eigenvalue weighted by molar-refractivity contribution is 7.89. The lowest BCUT2D eigenvalue weighted by molar-refractivity contribution is -0.140. The molecule has 0 amide bonds. The van der Waals surface area contributed by atoms with E-state index in [0.717, 1.165) is 12.1 Å². The number of halogens is 1. The number of nitrogens with one attached hydrogen (secondary N) is 1. The van der Waals surface area contributed by atoms with Crippen molar-refractivity contribution in [1.82, 2.24) is 4.72 Å². The van der Waals surface area contributed by atoms with E-state index in [0.29, 0.717) is 11.1 Å². The van der Waals surface area contributed by atoms with Gasteiger partial charge in [0.05, 0.1) is 18.4 Å². The fourth-order valence-electron chi connectivity index (χ4n) is 1.78. The van der Waals surface area contributed by atoms with Crippen LogP contribution in [0, 0.1) is 19.7 Å². The van der Waals surface area contributed by atoms with Crippen LogP contribution in [0.25, 0.3) is 0 Å². The first-order valence-electron chi connectivity index (χ1n) is 5.61. The third-order valence-electron chi connectivity index (χ3n) is 2.54. The van der Waals surface area contributed by atoms with Gasteiger partial charge >= 0.3 is 5.97 Å². The molecule has 1 aromatic carbocycles. The molecule has 0 atom stereocenters. The van der Waals surface area contributed by atoms with Crippen molar-refractivity contribution in [2.24, 2.45) is 0 Å². The van der Waals surface area contributed by atoms with Gasteiger partial charge in [0.2, 0.25) is 10.0 Å². The highest BCUT2D eigenvalue weighted by atomic mass is 32.2. The Hall–Kier alpha value is -1.47. The Morgan fingerprint density at radius 1 is 1.32 bits per heavy atom. The van der Waals surface area contributed by atoms with Crippen LogP contribution < -0.4 is 4.72 Å². The van der Waals surface area contributed by atoms with Crippen molar-refractivity contribution in [3.05, 3.63) is 29.1 Å². The van der Waals surface area contributed by atoms with Gasteiger partial charge < -0.3 is 4.74 Å². The van der Waals surface area contributed by atoms with Crippen molar-refractivity contribution in [3.63, 3.8) is 0 Å². The SMILES string of the molecule is COC(=O)CCNS(=O)(=O)c1c(C)cc(F)cc1C. The number of benzene rings is 1. The second kappa shape index (κ2) is 6.12. The predicted octanol–water partition coefficient (Wildman–Crippen LogP) is 1.28. The van der Waals surface area contributed by atoms with Crippen molar-refractivity contribution < 1.29 is 22.3 Å². The zero-order valence-electron chi connectivity index (χ0n) is 11.0. The maximum absolute atomic E-state index is 13.1. The topological polar surface area (TPSA) is 72.5 Å². The normalized spacial score (nSPS) is 11.4. The lowest BCUT2D eigenvalue weighted by Gasteiger charge is -2.11. The summed E-state index contributed by atoms with van der Waals surface area (Å²) >= 11 is 0. The lowest BCUT2D eigenvalue weighted by Crippen LogP contribution is -2.28. The highest BCUT2D eigenvalue weighted by Crippen LogP contribution is 2.21. The Kier molecular flexibility index (Phi) is 5.02. The third-order valence-corrected chi connectivity index (χ3v) is 4.31. The van der Waals surface area contributed by atoms with Gasteiger partial charge in [-0.2, -0.15) is 0 Å². The van der Waals surface area contributed by atoms with Crippen LogP contribution in [0.15, 0.2) is 17.0 Å². The molecule has 1 rings (SSSR count). The molecule has 5 nitrogen and oxygen atoms in total. The Morgan fingerprint density at radius 2 is 1.84 bits per heavy atom. The molecule has 1 N–H and O–H groups in total. The fourth-order valence-corrected chi connectivity index (χ4v) is 3.26. The van der Waals surface area contributed by atoms with Gasteiger partial charge in [0.1, 0.15) is 5.82 Å². The summed E-state index contributed by atoms with van der Waals surface area (Å²) in [7, 11) is -2.54. The average Bonchev–Trinajstić information content (AvgIpc) is 2.26. The van der Waals surface area contributed by atoms with E-state index < -0.39 is 21.8 Å². The first-order valence-corrected chi connectivity index (χ1v) is 7.09. The van der Waals surface area contributed by atoms with E-state index in [2.05, 4.69) is 9.46 Å². The van der Waals surface area contributed by atoms with Gasteiger partial charge in [-0.15, -0.1) is 0 Å². The van der Waals surface area contributed by atoms with Gasteiger partial charge in [-0.05, 0) is 37.1 Å². The number of rotatable bonds is 5. The fraction of sp³-hybridized carbons (Fsp3) is 0.417. The molecule has 19 heavy (non-hydrogen) atoms. The number of carbonyl (C=O) groups is 1. The number of esters is 1. The predicted molar refractivity (Wildman–Crippen MR) is 67.7 cm³/mol. The van der Waals surface area contributed by atoms with Crippen LogP contribution in [0.4, 0.5) is 4.39 Å². The van der Waals surface area contributed by atoms with Gasteiger partial charge in [0, 0.05) is 6.54 Å². The molecule has 0 saturated heterocycles. The zero-order chi connectivity index (χ0) is 14.6. The van der Waals surface area contributed by atoms with Gasteiger partial charge in [0.15, 0.2) is 0 Å². The second-order valence-electron chi connectivity index (χ2n) is 4.09. The van der Waals surface area contributed by atoms with Gasteiger partial charge in [-0.1, -0.05) is 0 Å². The molecule has 0 aliphatic rings. The highest BCUT2D eigenvalue weighted by Gasteiger charge is 2.20. The number of aryl methyl sites for hydroxylation is 2. The van der Waals surface area contributed by atoms with Crippen LogP contribution in [0.2, 0.25) is 0 Å². The maximum Gasteiger partial charge on any atom is 0.306 e. The molecular formula is C12H16FNO4S. The lowest BCUT2D eigenvalue weighted by atomic mass is 10.1. The largest absolute Gasteiger partial charge is 0.469 e. The molecule has 0 radical (unpaired) electrons. The summed E-state index contributed by atoms with van der Waals surface area (Å²) in [4.78, 5) is 10.9. The molecule has 0 aliphatic carbocycles. The molecule has 0 spiro atoms. The minimum absolute atomic E-state index is 0.0405. The monoisotopic (exact) mass is 289 g/mol. The van der Waals surface area contributed by atoms with Crippen molar-refractivity contribution in [2.45, 2.75) is 25.2 Å². The molecule has 1 aromatic rings. The van der Waals surface area contributed by atoms with E-state index in [-0.39, 0.29) is 17.9 Å². The molecule has 0 fully saturated rings. The molecule has 0 saturated carbocycles. The molecule has 0 unspecified atom stereocenters. The first kappa shape index (κ1) is 15.6. The summed E-state index contributed by atoms with van der Waals surface area (Å²) in [6.07, 6.45) is -0.0605. The Morgan fingerprint density at radius 3 is 2.32 bits per heavy atom. The van der Waals surface area contributed by atoms with Crippen LogP contribution in [0.3, 0.4) is 0 Å². The summed E-state index contributed by atoms with van der Waals surface area (Å²) in [6.45, 7) is 2.97. The summed E-state index contributed by atoms with van der Waals surface area (Å²) in [5.74, 6) is -0.987. The van der Waals surface area contributed by atoms with Crippen LogP contribution >= 0.6 is 0 Å². The molecule has 0 bridgehead atoms. The van der Waals surface area contributed by atoms with E-state index >= 15 is 0 Å². The van der Waals surface area contributed by atoms with E-state index in [9.17, 15) is 17.6 Å². The molecule has 7 heteroatoms. The van der Waals surface area contributed by atoms with Gasteiger partial charge in [-0.3, -0.25) is 4.79 Å². The number of hydrogen-bond acceptors (Lipinski definition) is 4. The number of methoxy groups -OCH3 is 1. The van der Waals surface area contributed by atoms with Crippen molar-refractivity contribution >= 4 is 16.0 Å². The smallest absolute Gasteiger partial charge is 0.306 e. The molecule has 0 heterocycles. The maximum atomic E-state index is 13.1. The molecule has 0 aliphatic heterocycles. The number of hydrogen-bond donors (Lipinski definition) is 1. The Bertz CT molecular complexity index is 560. The molecular weight excluding hydrogens is 273 g/mol. The van der Waals surface area contributed by atoms with Gasteiger partial charge in [-0.25, -0.2) is 17.5 Å². The van der Waals surface area contributed by atoms with Gasteiger partial charge in [0.25, 0.3) is 0 Å². The summed E-state index contributed by atoms with van der Waals surface area (Å²) in [5.41, 5.74) is 0.645. The van der Waals surface area contributed by atoms with E-state index in [4.69, 9.17) is 0 Å². The minimum atomic E-state index is -3.77. The van der Waals surface area contributed by atoms with E-state index in [1.54, 1.807) is 0 Å². The number of sulfonamides is 1. The first-order chi connectivity index (χ1) is 8.77. The zero-order valence-corrected chi connectivity index (χ0v) is 11.8. The average molecular weight is 289 g/mol.